The molecule has 0 bridgehead atoms. The summed E-state index contributed by atoms with van der Waals surface area (Å²) in [6.07, 6.45) is 0. The van der Waals surface area contributed by atoms with Crippen molar-refractivity contribution in [3.8, 4) is 5.82 Å². The molecular weight excluding hydrogens is 641 g/mol. The van der Waals surface area contributed by atoms with Crippen molar-refractivity contribution in [1.82, 2.24) is 29.6 Å². The van der Waals surface area contributed by atoms with Gasteiger partial charge >= 0.3 is 0 Å². The number of hydrogen-bond acceptors (Lipinski definition) is 6. The molecule has 0 saturated carbocycles. The zero-order valence-electron chi connectivity index (χ0n) is 27.9. The summed E-state index contributed by atoms with van der Waals surface area (Å²) in [5.41, 5.74) is 10.6. The van der Waals surface area contributed by atoms with E-state index in [1.807, 2.05) is 48.5 Å². The molecule has 0 N–H and O–H groups in total. The van der Waals surface area contributed by atoms with Gasteiger partial charge in [-0.1, -0.05) is 84.9 Å². The highest BCUT2D eigenvalue weighted by Gasteiger charge is 2.22. The number of nitrogens with zero attached hydrogens (tertiary/aromatic N) is 8. The van der Waals surface area contributed by atoms with Crippen molar-refractivity contribution >= 4 is 72.6 Å². The Labute approximate surface area is 299 Å². The number of anilines is 6. The molecule has 0 aliphatic carbocycles. The lowest BCUT2D eigenvalue weighted by Gasteiger charge is -2.26. The van der Waals surface area contributed by atoms with E-state index in [-0.39, 0.29) is 0 Å². The molecule has 0 spiro atoms. The normalized spacial score (nSPS) is 11.5. The molecule has 3 heterocycles. The van der Waals surface area contributed by atoms with Gasteiger partial charge in [0.05, 0.1) is 22.1 Å². The number of fused-ring (bicyclic) bond motifs is 6. The van der Waals surface area contributed by atoms with Crippen LogP contribution in [0, 0.1) is 0 Å². The Morgan fingerprint density at radius 3 is 1.33 bits per heavy atom. The molecule has 7 aromatic carbocycles. The van der Waals surface area contributed by atoms with Crippen molar-refractivity contribution in [2.45, 2.75) is 0 Å². The fraction of sp³-hybridized carbons (Fsp3) is 0. The van der Waals surface area contributed by atoms with Crippen LogP contribution in [0.1, 0.15) is 0 Å². The molecule has 246 valence electrons. The molecule has 0 atom stereocenters. The molecule has 8 nitrogen and oxygen atoms in total. The summed E-state index contributed by atoms with van der Waals surface area (Å²) in [6, 6.07) is 63.2. The Morgan fingerprint density at radius 1 is 0.404 bits per heavy atom. The van der Waals surface area contributed by atoms with Gasteiger partial charge in [-0.2, -0.15) is 4.52 Å². The third-order valence-electron chi connectivity index (χ3n) is 9.52. The highest BCUT2D eigenvalue weighted by molar-refractivity contribution is 6.12. The Kier molecular flexibility index (Phi) is 6.95. The first-order valence-corrected chi connectivity index (χ1v) is 17.2. The molecule has 0 saturated heterocycles. The van der Waals surface area contributed by atoms with Crippen LogP contribution in [0.5, 0.6) is 0 Å². The molecule has 0 unspecified atom stereocenters. The monoisotopic (exact) mass is 670 g/mol. The molecule has 8 heteroatoms. The number of hydrogen-bond donors (Lipinski definition) is 0. The number of aromatic nitrogens is 6. The first-order chi connectivity index (χ1) is 25.8. The fourth-order valence-electron chi connectivity index (χ4n) is 7.25. The van der Waals surface area contributed by atoms with E-state index < -0.39 is 0 Å². The highest BCUT2D eigenvalue weighted by Crippen LogP contribution is 2.42. The van der Waals surface area contributed by atoms with Crippen LogP contribution >= 0.6 is 0 Å². The summed E-state index contributed by atoms with van der Waals surface area (Å²) < 4.78 is 3.97. The number of rotatable bonds is 7. The number of para-hydroxylation sites is 6. The van der Waals surface area contributed by atoms with Crippen molar-refractivity contribution in [2.24, 2.45) is 0 Å². The quantitative estimate of drug-likeness (QED) is 0.168. The summed E-state index contributed by atoms with van der Waals surface area (Å²) in [7, 11) is 0. The van der Waals surface area contributed by atoms with Crippen LogP contribution in [0.3, 0.4) is 0 Å². The lowest BCUT2D eigenvalue weighted by molar-refractivity contribution is 0.840. The Bertz CT molecular complexity index is 2630. The van der Waals surface area contributed by atoms with Gasteiger partial charge in [0.1, 0.15) is 0 Å². The van der Waals surface area contributed by atoms with Crippen LogP contribution in [0.2, 0.25) is 0 Å². The average Bonchev–Trinajstić information content (AvgIpc) is 3.83. The number of benzene rings is 7. The van der Waals surface area contributed by atoms with Gasteiger partial charge in [-0.3, -0.25) is 4.57 Å². The van der Waals surface area contributed by atoms with Gasteiger partial charge in [-0.25, -0.2) is 4.98 Å². The third kappa shape index (κ3) is 4.85. The standard InChI is InChI=1S/C44H30N8/c1-5-15-31(16-6-1)49(32-17-7-2-8-18-32)35-25-27-40-37(29-35)38-30-36(50(33-19-9-3-10-20-33)34-21-11-4-12-22-34)26-28-41(38)51(40)43-44-46-47-48-52(44)42-24-14-13-23-39(42)45-43/h1-30H. The minimum absolute atomic E-state index is 0.580. The van der Waals surface area contributed by atoms with E-state index in [4.69, 9.17) is 4.98 Å². The zero-order chi connectivity index (χ0) is 34.4. The molecule has 0 amide bonds. The molecule has 52 heavy (non-hydrogen) atoms. The molecule has 0 fully saturated rings. The van der Waals surface area contributed by atoms with Gasteiger partial charge in [0, 0.05) is 44.9 Å². The summed E-state index contributed by atoms with van der Waals surface area (Å²) in [5, 5.41) is 15.1. The minimum Gasteiger partial charge on any atom is -0.310 e. The van der Waals surface area contributed by atoms with E-state index in [0.29, 0.717) is 11.5 Å². The summed E-state index contributed by atoms with van der Waals surface area (Å²) in [5.74, 6) is 0.662. The van der Waals surface area contributed by atoms with Crippen LogP contribution in [0.4, 0.5) is 34.1 Å². The van der Waals surface area contributed by atoms with Gasteiger partial charge in [-0.05, 0) is 107 Å². The molecule has 0 aliphatic rings. The van der Waals surface area contributed by atoms with Gasteiger partial charge in [0.25, 0.3) is 0 Å². The lowest BCUT2D eigenvalue weighted by atomic mass is 10.1. The van der Waals surface area contributed by atoms with E-state index in [9.17, 15) is 0 Å². The largest absolute Gasteiger partial charge is 0.310 e. The number of tetrazole rings is 1. The van der Waals surface area contributed by atoms with Gasteiger partial charge < -0.3 is 9.80 Å². The maximum atomic E-state index is 5.20. The Hall–Kier alpha value is -7.32. The van der Waals surface area contributed by atoms with E-state index in [1.165, 1.54) is 0 Å². The highest BCUT2D eigenvalue weighted by atomic mass is 15.5. The van der Waals surface area contributed by atoms with Crippen molar-refractivity contribution < 1.29 is 0 Å². The molecule has 10 rings (SSSR count). The molecule has 0 aliphatic heterocycles. The maximum absolute atomic E-state index is 5.20. The fourth-order valence-corrected chi connectivity index (χ4v) is 7.25. The first kappa shape index (κ1) is 29.6. The first-order valence-electron chi connectivity index (χ1n) is 17.2. The minimum atomic E-state index is 0.580. The maximum Gasteiger partial charge on any atom is 0.223 e. The predicted octanol–water partition coefficient (Wildman–Crippen LogP) is 10.7. The van der Waals surface area contributed by atoms with Crippen molar-refractivity contribution in [2.75, 3.05) is 9.80 Å². The molecule has 3 aromatic heterocycles. The lowest BCUT2D eigenvalue weighted by Crippen LogP contribution is -2.09. The zero-order valence-corrected chi connectivity index (χ0v) is 27.9. The second-order valence-electron chi connectivity index (χ2n) is 12.6. The van der Waals surface area contributed by atoms with Crippen LogP contribution in [0.25, 0.3) is 44.3 Å². The summed E-state index contributed by atoms with van der Waals surface area (Å²) in [6.45, 7) is 0. The van der Waals surface area contributed by atoms with Crippen molar-refractivity contribution in [1.29, 1.82) is 0 Å². The van der Waals surface area contributed by atoms with Crippen LogP contribution in [0.15, 0.2) is 182 Å². The summed E-state index contributed by atoms with van der Waals surface area (Å²) >= 11 is 0. The van der Waals surface area contributed by atoms with Crippen LogP contribution in [-0.4, -0.2) is 29.6 Å². The van der Waals surface area contributed by atoms with Crippen molar-refractivity contribution in [3.63, 3.8) is 0 Å². The molecular formula is C44H30N8. The van der Waals surface area contributed by atoms with Crippen LogP contribution < -0.4 is 9.80 Å². The van der Waals surface area contributed by atoms with Gasteiger partial charge in [0.2, 0.25) is 5.65 Å². The van der Waals surface area contributed by atoms with E-state index in [0.717, 1.165) is 67.0 Å². The van der Waals surface area contributed by atoms with Crippen LogP contribution in [-0.2, 0) is 0 Å². The van der Waals surface area contributed by atoms with Gasteiger partial charge in [-0.15, -0.1) is 5.10 Å². The smallest absolute Gasteiger partial charge is 0.223 e. The Morgan fingerprint density at radius 2 is 0.846 bits per heavy atom. The van der Waals surface area contributed by atoms with Gasteiger partial charge in [0.15, 0.2) is 5.82 Å². The second-order valence-corrected chi connectivity index (χ2v) is 12.6. The average molecular weight is 671 g/mol. The second kappa shape index (κ2) is 12.2. The molecule has 0 radical (unpaired) electrons. The SMILES string of the molecule is c1ccc(N(c2ccccc2)c2ccc3c(c2)c2cc(N(c4ccccc4)c4ccccc4)ccc2n3-c2nc3ccccc3n3nnnc23)cc1. The third-order valence-corrected chi connectivity index (χ3v) is 9.52. The summed E-state index contributed by atoms with van der Waals surface area (Å²) in [4.78, 5) is 9.79. The predicted molar refractivity (Wildman–Crippen MR) is 210 cm³/mol. The molecule has 10 aromatic rings. The van der Waals surface area contributed by atoms with E-state index in [1.54, 1.807) is 4.52 Å². The van der Waals surface area contributed by atoms with E-state index >= 15 is 0 Å². The van der Waals surface area contributed by atoms with E-state index in [2.05, 4.69) is 163 Å². The Balaban J connectivity index is 1.28. The van der Waals surface area contributed by atoms with Crippen molar-refractivity contribution in [3.05, 3.63) is 182 Å². The topological polar surface area (TPSA) is 67.4 Å².